The SMILES string of the molecule is Cc1cc(-c2ccc(OC[C@@](C)(N)CC(C)C)c(C(F)(F)F)c2)ncn1. The molecule has 1 aromatic heterocycles. The first kappa shape index (κ1) is 20.2. The minimum Gasteiger partial charge on any atom is -0.491 e. The molecular formula is C19H24F3N3O. The van der Waals surface area contributed by atoms with E-state index >= 15 is 0 Å². The highest BCUT2D eigenvalue weighted by Gasteiger charge is 2.35. The van der Waals surface area contributed by atoms with Crippen LogP contribution in [0.1, 0.15) is 38.4 Å². The normalized spacial score (nSPS) is 14.3. The predicted molar refractivity (Wildman–Crippen MR) is 94.7 cm³/mol. The number of aromatic nitrogens is 2. The van der Waals surface area contributed by atoms with Crippen molar-refractivity contribution < 1.29 is 17.9 Å². The third kappa shape index (κ3) is 5.42. The maximum atomic E-state index is 13.5. The van der Waals surface area contributed by atoms with Gasteiger partial charge in [-0.15, -0.1) is 0 Å². The molecule has 0 radical (unpaired) electrons. The van der Waals surface area contributed by atoms with Gasteiger partial charge in [0, 0.05) is 16.8 Å². The predicted octanol–water partition coefficient (Wildman–Crippen LogP) is 4.61. The Morgan fingerprint density at radius 3 is 2.42 bits per heavy atom. The number of halogens is 3. The molecule has 0 aliphatic heterocycles. The van der Waals surface area contributed by atoms with Crippen molar-refractivity contribution in [2.75, 3.05) is 6.61 Å². The highest BCUT2D eigenvalue weighted by Crippen LogP contribution is 2.39. The summed E-state index contributed by atoms with van der Waals surface area (Å²) in [4.78, 5) is 8.00. The maximum absolute atomic E-state index is 13.5. The van der Waals surface area contributed by atoms with Gasteiger partial charge in [-0.1, -0.05) is 13.8 Å². The molecule has 0 saturated heterocycles. The van der Waals surface area contributed by atoms with Crippen LogP contribution in [0.15, 0.2) is 30.6 Å². The second-order valence-corrected chi connectivity index (χ2v) is 7.29. The molecule has 1 atom stereocenters. The van der Waals surface area contributed by atoms with Crippen molar-refractivity contribution in [1.82, 2.24) is 9.97 Å². The summed E-state index contributed by atoms with van der Waals surface area (Å²) < 4.78 is 46.0. The molecule has 0 unspecified atom stereocenters. The van der Waals surface area contributed by atoms with Crippen molar-refractivity contribution in [3.05, 3.63) is 41.9 Å². The summed E-state index contributed by atoms with van der Waals surface area (Å²) >= 11 is 0. The van der Waals surface area contributed by atoms with Gasteiger partial charge in [0.2, 0.25) is 0 Å². The molecule has 0 amide bonds. The van der Waals surface area contributed by atoms with E-state index in [1.807, 2.05) is 13.8 Å². The first-order valence-corrected chi connectivity index (χ1v) is 8.40. The molecule has 0 saturated carbocycles. The summed E-state index contributed by atoms with van der Waals surface area (Å²) in [6, 6.07) is 5.56. The second-order valence-electron chi connectivity index (χ2n) is 7.29. The zero-order valence-corrected chi connectivity index (χ0v) is 15.4. The van der Waals surface area contributed by atoms with Crippen LogP contribution in [0.2, 0.25) is 0 Å². The monoisotopic (exact) mass is 367 g/mol. The van der Waals surface area contributed by atoms with E-state index in [-0.39, 0.29) is 12.4 Å². The molecule has 1 aromatic carbocycles. The fraction of sp³-hybridized carbons (Fsp3) is 0.474. The Morgan fingerprint density at radius 2 is 1.85 bits per heavy atom. The molecule has 0 bridgehead atoms. The van der Waals surface area contributed by atoms with Crippen LogP contribution >= 0.6 is 0 Å². The van der Waals surface area contributed by atoms with Gasteiger partial charge in [0.1, 0.15) is 18.7 Å². The molecular weight excluding hydrogens is 343 g/mol. The minimum absolute atomic E-state index is 0.000220. The zero-order valence-electron chi connectivity index (χ0n) is 15.4. The first-order chi connectivity index (χ1) is 12.0. The van der Waals surface area contributed by atoms with Crippen molar-refractivity contribution in [2.24, 2.45) is 11.7 Å². The van der Waals surface area contributed by atoms with Crippen molar-refractivity contribution in [2.45, 2.75) is 45.8 Å². The molecule has 26 heavy (non-hydrogen) atoms. The van der Waals surface area contributed by atoms with E-state index in [2.05, 4.69) is 9.97 Å². The molecule has 2 rings (SSSR count). The van der Waals surface area contributed by atoms with Crippen LogP contribution < -0.4 is 10.5 Å². The van der Waals surface area contributed by atoms with Crippen molar-refractivity contribution in [3.63, 3.8) is 0 Å². The minimum atomic E-state index is -4.55. The number of aryl methyl sites for hydroxylation is 1. The lowest BCUT2D eigenvalue weighted by Gasteiger charge is -2.27. The topological polar surface area (TPSA) is 61.0 Å². The molecule has 2 N–H and O–H groups in total. The number of hydrogen-bond acceptors (Lipinski definition) is 4. The number of benzene rings is 1. The van der Waals surface area contributed by atoms with Crippen LogP contribution in [0.3, 0.4) is 0 Å². The van der Waals surface area contributed by atoms with E-state index < -0.39 is 17.3 Å². The Bertz CT molecular complexity index is 758. The van der Waals surface area contributed by atoms with E-state index in [0.717, 1.165) is 6.07 Å². The lowest BCUT2D eigenvalue weighted by atomic mass is 9.93. The molecule has 2 aromatic rings. The molecule has 0 aliphatic rings. The van der Waals surface area contributed by atoms with Crippen LogP contribution in [-0.4, -0.2) is 22.1 Å². The fourth-order valence-corrected chi connectivity index (χ4v) is 2.88. The Labute approximate surface area is 151 Å². The van der Waals surface area contributed by atoms with Gasteiger partial charge in [0.15, 0.2) is 0 Å². The van der Waals surface area contributed by atoms with Crippen LogP contribution in [0.25, 0.3) is 11.3 Å². The molecule has 142 valence electrons. The first-order valence-electron chi connectivity index (χ1n) is 8.40. The van der Waals surface area contributed by atoms with Gasteiger partial charge < -0.3 is 10.5 Å². The number of nitrogens with zero attached hydrogens (tertiary/aromatic N) is 2. The summed E-state index contributed by atoms with van der Waals surface area (Å²) in [5.74, 6) is 0.0894. The smallest absolute Gasteiger partial charge is 0.419 e. The largest absolute Gasteiger partial charge is 0.491 e. The Hall–Kier alpha value is -2.15. The lowest BCUT2D eigenvalue weighted by molar-refractivity contribution is -0.139. The van der Waals surface area contributed by atoms with Gasteiger partial charge in [-0.25, -0.2) is 9.97 Å². The molecule has 0 fully saturated rings. The molecule has 0 spiro atoms. The van der Waals surface area contributed by atoms with E-state index in [0.29, 0.717) is 29.3 Å². The number of nitrogens with two attached hydrogens (primary N) is 1. The standard InChI is InChI=1S/C19H24F3N3O/c1-12(2)9-18(4,23)10-26-17-6-5-14(8-15(17)19(20,21)22)16-7-13(3)24-11-25-16/h5-8,11-12H,9-10,23H2,1-4H3/t18-/m0/s1. The van der Waals surface area contributed by atoms with Crippen molar-refractivity contribution in [1.29, 1.82) is 0 Å². The second kappa shape index (κ2) is 7.61. The highest BCUT2D eigenvalue weighted by molar-refractivity contribution is 5.62. The van der Waals surface area contributed by atoms with E-state index in [1.165, 1.54) is 12.4 Å². The zero-order chi connectivity index (χ0) is 19.5. The van der Waals surface area contributed by atoms with Crippen LogP contribution in [-0.2, 0) is 6.18 Å². The number of rotatable bonds is 6. The van der Waals surface area contributed by atoms with Crippen LogP contribution in [0.4, 0.5) is 13.2 Å². The van der Waals surface area contributed by atoms with Gasteiger partial charge in [0.25, 0.3) is 0 Å². The van der Waals surface area contributed by atoms with Crippen LogP contribution in [0, 0.1) is 12.8 Å². The summed E-state index contributed by atoms with van der Waals surface area (Å²) in [6.07, 6.45) is -2.57. The van der Waals surface area contributed by atoms with Gasteiger partial charge >= 0.3 is 6.18 Å². The lowest BCUT2D eigenvalue weighted by Crippen LogP contribution is -2.43. The maximum Gasteiger partial charge on any atom is 0.419 e. The number of alkyl halides is 3. The van der Waals surface area contributed by atoms with Crippen molar-refractivity contribution >= 4 is 0 Å². The van der Waals surface area contributed by atoms with Gasteiger partial charge in [0.05, 0.1) is 11.3 Å². The van der Waals surface area contributed by atoms with Gasteiger partial charge in [-0.3, -0.25) is 0 Å². The fourth-order valence-electron chi connectivity index (χ4n) is 2.88. The van der Waals surface area contributed by atoms with E-state index in [4.69, 9.17) is 10.5 Å². The summed E-state index contributed by atoms with van der Waals surface area (Å²) in [7, 11) is 0. The molecule has 4 nitrogen and oxygen atoms in total. The Balaban J connectivity index is 2.32. The molecule has 1 heterocycles. The summed E-state index contributed by atoms with van der Waals surface area (Å²) in [5.41, 5.74) is 6.05. The van der Waals surface area contributed by atoms with Gasteiger partial charge in [-0.05, 0) is 50.5 Å². The van der Waals surface area contributed by atoms with Crippen molar-refractivity contribution in [3.8, 4) is 17.0 Å². The van der Waals surface area contributed by atoms with Crippen LogP contribution in [0.5, 0.6) is 5.75 Å². The highest BCUT2D eigenvalue weighted by atomic mass is 19.4. The van der Waals surface area contributed by atoms with Gasteiger partial charge in [-0.2, -0.15) is 13.2 Å². The molecule has 0 aliphatic carbocycles. The summed E-state index contributed by atoms with van der Waals surface area (Å²) in [6.45, 7) is 7.54. The number of ether oxygens (including phenoxy) is 1. The Morgan fingerprint density at radius 1 is 1.15 bits per heavy atom. The number of hydrogen-bond donors (Lipinski definition) is 1. The quantitative estimate of drug-likeness (QED) is 0.810. The Kier molecular flexibility index (Phi) is 5.91. The molecule has 7 heteroatoms. The average molecular weight is 367 g/mol. The third-order valence-electron chi connectivity index (χ3n) is 3.82. The van der Waals surface area contributed by atoms with E-state index in [9.17, 15) is 13.2 Å². The average Bonchev–Trinajstić information content (AvgIpc) is 2.51. The van der Waals surface area contributed by atoms with E-state index in [1.54, 1.807) is 26.0 Å². The third-order valence-corrected chi connectivity index (χ3v) is 3.82. The summed E-state index contributed by atoms with van der Waals surface area (Å²) in [5, 5.41) is 0.